The zero-order valence-corrected chi connectivity index (χ0v) is 33.9. The topological polar surface area (TPSA) is 183 Å². The van der Waals surface area contributed by atoms with E-state index in [0.717, 1.165) is 78.1 Å². The zero-order chi connectivity index (χ0) is 42.5. The second kappa shape index (κ2) is 17.6. The molecule has 14 nitrogen and oxygen atoms in total. The number of hydrogen-bond donors (Lipinski definition) is 4. The normalized spacial score (nSPS) is 12.0. The molecule has 0 fully saturated rings. The fourth-order valence-electron chi connectivity index (χ4n) is 6.81. The predicted octanol–water partition coefficient (Wildman–Crippen LogP) is 6.84. The Labute approximate surface area is 346 Å². The fraction of sp³-hybridized carbons (Fsp3) is 0.174. The number of aliphatic hydroxyl groups excluding tert-OH is 2. The summed E-state index contributed by atoms with van der Waals surface area (Å²) >= 11 is 0. The largest absolute Gasteiger partial charge is 0.496 e. The summed E-state index contributed by atoms with van der Waals surface area (Å²) in [4.78, 5) is 50.8. The van der Waals surface area contributed by atoms with Crippen LogP contribution in [0.25, 0.3) is 66.6 Å². The maximum atomic E-state index is 12.1. The summed E-state index contributed by atoms with van der Waals surface area (Å²) in [5.74, 6) is 0.758. The minimum atomic E-state index is -1.26. The molecule has 304 valence electrons. The van der Waals surface area contributed by atoms with Gasteiger partial charge in [0.15, 0.2) is 12.2 Å². The van der Waals surface area contributed by atoms with Gasteiger partial charge < -0.3 is 39.5 Å². The standard InChI is InChI=1S/2C23H22N4O3/c2*1-27(2)23(29)21(28)16-8-14(10-24-11-16)15-9-18-19(13-26-22(18)25-12-15)17-6-4-5-7-20(17)30-3/h2*4-13,21,28H,1-3H3,(H,25,26)/t2*21-/m10/s1. The molecule has 2 amide bonds. The van der Waals surface area contributed by atoms with Crippen molar-refractivity contribution < 1.29 is 29.3 Å². The number of amides is 2. The predicted molar refractivity (Wildman–Crippen MR) is 230 cm³/mol. The highest BCUT2D eigenvalue weighted by Gasteiger charge is 2.22. The van der Waals surface area contributed by atoms with Gasteiger partial charge in [0.25, 0.3) is 11.8 Å². The summed E-state index contributed by atoms with van der Waals surface area (Å²) in [5, 5.41) is 22.6. The molecular weight excluding hydrogens is 761 g/mol. The highest BCUT2D eigenvalue weighted by Crippen LogP contribution is 2.38. The molecule has 0 saturated heterocycles. The van der Waals surface area contributed by atoms with Crippen molar-refractivity contribution in [2.75, 3.05) is 42.4 Å². The number of carbonyl (C=O) groups is 2. The van der Waals surface area contributed by atoms with Crippen LogP contribution in [0.1, 0.15) is 23.3 Å². The van der Waals surface area contributed by atoms with Crippen LogP contribution in [0.4, 0.5) is 0 Å². The highest BCUT2D eigenvalue weighted by molar-refractivity contribution is 5.98. The molecule has 0 aliphatic heterocycles. The number of methoxy groups -OCH3 is 2. The number of fused-ring (bicyclic) bond motifs is 2. The molecule has 0 aliphatic rings. The number of aliphatic hydroxyl groups is 2. The van der Waals surface area contributed by atoms with Crippen molar-refractivity contribution in [3.63, 3.8) is 0 Å². The van der Waals surface area contributed by atoms with Gasteiger partial charge in [-0.2, -0.15) is 0 Å². The first-order valence-corrected chi connectivity index (χ1v) is 18.9. The van der Waals surface area contributed by atoms with E-state index in [4.69, 9.17) is 9.47 Å². The number of hydrogen-bond acceptors (Lipinski definition) is 10. The molecule has 6 aromatic heterocycles. The van der Waals surface area contributed by atoms with Gasteiger partial charge in [0.1, 0.15) is 22.8 Å². The molecule has 8 aromatic rings. The van der Waals surface area contributed by atoms with Crippen molar-refractivity contribution in [1.29, 1.82) is 0 Å². The molecule has 14 heteroatoms. The SMILES string of the molecule is COc1ccccc1-c1c[nH]c2ncc(-c3cncc([C@@H](O)C(=O)N(C)C)c3)cc12.COc1ccccc1-c1c[nH]c2ncc(-c3cncc([C@H](O)C(=O)N(C)C)c3)cc12. The summed E-state index contributed by atoms with van der Waals surface area (Å²) in [5.41, 5.74) is 9.45. The third-order valence-corrected chi connectivity index (χ3v) is 10.0. The number of aromatic nitrogens is 6. The Bertz CT molecular complexity index is 2620. The average Bonchev–Trinajstić information content (AvgIpc) is 3.92. The zero-order valence-electron chi connectivity index (χ0n) is 33.9. The van der Waals surface area contributed by atoms with Gasteiger partial charge in [-0.3, -0.25) is 19.6 Å². The number of ether oxygens (including phenoxy) is 2. The van der Waals surface area contributed by atoms with E-state index in [0.29, 0.717) is 11.1 Å². The lowest BCUT2D eigenvalue weighted by Gasteiger charge is -2.16. The molecule has 0 spiro atoms. The molecule has 6 heterocycles. The number of para-hydroxylation sites is 2. The van der Waals surface area contributed by atoms with Crippen molar-refractivity contribution in [3.05, 3.63) is 133 Å². The van der Waals surface area contributed by atoms with Crippen LogP contribution < -0.4 is 9.47 Å². The first-order chi connectivity index (χ1) is 29.0. The van der Waals surface area contributed by atoms with Gasteiger partial charge >= 0.3 is 0 Å². The summed E-state index contributed by atoms with van der Waals surface area (Å²) in [6.45, 7) is 0. The Morgan fingerprint density at radius 2 is 0.933 bits per heavy atom. The maximum absolute atomic E-state index is 12.1. The van der Waals surface area contributed by atoms with Gasteiger partial charge in [0.2, 0.25) is 0 Å². The van der Waals surface area contributed by atoms with E-state index < -0.39 is 24.0 Å². The quantitative estimate of drug-likeness (QED) is 0.114. The van der Waals surface area contributed by atoms with Crippen molar-refractivity contribution in [3.8, 4) is 56.0 Å². The van der Waals surface area contributed by atoms with Crippen LogP contribution in [0, 0.1) is 0 Å². The second-order valence-electron chi connectivity index (χ2n) is 14.3. The molecule has 2 aromatic carbocycles. The van der Waals surface area contributed by atoms with E-state index >= 15 is 0 Å². The average molecular weight is 805 g/mol. The van der Waals surface area contributed by atoms with Gasteiger partial charge in [-0.05, 0) is 36.4 Å². The third-order valence-electron chi connectivity index (χ3n) is 10.0. The fourth-order valence-corrected chi connectivity index (χ4v) is 6.81. The summed E-state index contributed by atoms with van der Waals surface area (Å²) in [7, 11) is 9.71. The molecule has 2 atom stereocenters. The van der Waals surface area contributed by atoms with E-state index in [1.54, 1.807) is 79.3 Å². The molecule has 0 radical (unpaired) electrons. The van der Waals surface area contributed by atoms with Crippen molar-refractivity contribution in [1.82, 2.24) is 39.7 Å². The number of aromatic amines is 2. The van der Waals surface area contributed by atoms with Crippen molar-refractivity contribution in [2.45, 2.75) is 12.2 Å². The number of pyridine rings is 4. The molecule has 8 rings (SSSR count). The van der Waals surface area contributed by atoms with Gasteiger partial charge in [-0.25, -0.2) is 9.97 Å². The van der Waals surface area contributed by atoms with Crippen LogP contribution in [0.5, 0.6) is 11.5 Å². The Balaban J connectivity index is 0.000000181. The first kappa shape index (κ1) is 40.8. The number of carbonyl (C=O) groups excluding carboxylic acids is 2. The lowest BCUT2D eigenvalue weighted by molar-refractivity contribution is -0.138. The Hall–Kier alpha value is -7.42. The van der Waals surface area contributed by atoms with Crippen LogP contribution in [-0.2, 0) is 9.59 Å². The van der Waals surface area contributed by atoms with Crippen LogP contribution in [-0.4, -0.2) is 104 Å². The molecule has 0 aliphatic carbocycles. The smallest absolute Gasteiger partial charge is 0.255 e. The van der Waals surface area contributed by atoms with E-state index in [-0.39, 0.29) is 0 Å². The molecule has 0 unspecified atom stereocenters. The van der Waals surface area contributed by atoms with E-state index in [2.05, 4.69) is 29.9 Å². The highest BCUT2D eigenvalue weighted by atomic mass is 16.5. The number of nitrogens with zero attached hydrogens (tertiary/aromatic N) is 6. The molecule has 4 N–H and O–H groups in total. The minimum Gasteiger partial charge on any atom is -0.496 e. The Kier molecular flexibility index (Phi) is 12.0. The van der Waals surface area contributed by atoms with Crippen LogP contribution in [0.2, 0.25) is 0 Å². The summed E-state index contributed by atoms with van der Waals surface area (Å²) in [6.07, 6.45) is 11.2. The van der Waals surface area contributed by atoms with Gasteiger partial charge in [0, 0.05) is 144 Å². The van der Waals surface area contributed by atoms with Crippen LogP contribution in [0.3, 0.4) is 0 Å². The molecular formula is C46H44N8O6. The molecule has 0 bridgehead atoms. The summed E-state index contributed by atoms with van der Waals surface area (Å²) in [6, 6.07) is 23.2. The minimum absolute atomic E-state index is 0.397. The Morgan fingerprint density at radius 1 is 0.550 bits per heavy atom. The lowest BCUT2D eigenvalue weighted by atomic mass is 10.0. The number of H-pyrrole nitrogens is 2. The lowest BCUT2D eigenvalue weighted by Crippen LogP contribution is -2.28. The van der Waals surface area contributed by atoms with Crippen molar-refractivity contribution >= 4 is 33.9 Å². The number of nitrogens with one attached hydrogen (secondary N) is 2. The van der Waals surface area contributed by atoms with Crippen LogP contribution in [0.15, 0.2) is 122 Å². The number of benzene rings is 2. The molecule has 60 heavy (non-hydrogen) atoms. The monoisotopic (exact) mass is 804 g/mol. The third kappa shape index (κ3) is 8.27. The van der Waals surface area contributed by atoms with Gasteiger partial charge in [-0.1, -0.05) is 36.4 Å². The van der Waals surface area contributed by atoms with E-state index in [1.165, 1.54) is 22.2 Å². The van der Waals surface area contributed by atoms with Gasteiger partial charge in [-0.15, -0.1) is 0 Å². The number of rotatable bonds is 10. The second-order valence-corrected chi connectivity index (χ2v) is 14.3. The Morgan fingerprint density at radius 3 is 1.32 bits per heavy atom. The number of likely N-dealkylation sites (N-methyl/N-ethyl adjacent to an activating group) is 2. The maximum Gasteiger partial charge on any atom is 0.255 e. The van der Waals surface area contributed by atoms with Gasteiger partial charge in [0.05, 0.1) is 14.2 Å². The van der Waals surface area contributed by atoms with Crippen LogP contribution >= 0.6 is 0 Å². The van der Waals surface area contributed by atoms with Crippen molar-refractivity contribution in [2.24, 2.45) is 0 Å². The van der Waals surface area contributed by atoms with E-state index in [9.17, 15) is 19.8 Å². The summed E-state index contributed by atoms with van der Waals surface area (Å²) < 4.78 is 11.0. The molecule has 0 saturated carbocycles. The van der Waals surface area contributed by atoms with E-state index in [1.807, 2.05) is 73.1 Å². The first-order valence-electron chi connectivity index (χ1n) is 18.9.